The van der Waals surface area contributed by atoms with Gasteiger partial charge in [-0.25, -0.2) is 4.79 Å². The molecule has 1 saturated carbocycles. The number of hydrogen-bond acceptors (Lipinski definition) is 4. The summed E-state index contributed by atoms with van der Waals surface area (Å²) in [5.74, 6) is -0.447. The zero-order valence-electron chi connectivity index (χ0n) is 8.51. The Hall–Kier alpha value is -0.610. The van der Waals surface area contributed by atoms with Gasteiger partial charge in [-0.1, -0.05) is 0 Å². The minimum atomic E-state index is -1.19. The summed E-state index contributed by atoms with van der Waals surface area (Å²) in [5.41, 5.74) is -1.02. The van der Waals surface area contributed by atoms with Crippen LogP contribution in [0.25, 0.3) is 0 Å². The second-order valence-electron chi connectivity index (χ2n) is 4.53. The lowest BCUT2D eigenvalue weighted by atomic mass is 9.58. The Labute approximate surface area is 83.6 Å². The molecule has 4 heteroatoms. The number of rotatable bonds is 2. The highest BCUT2D eigenvalue weighted by Gasteiger charge is 2.59. The van der Waals surface area contributed by atoms with Gasteiger partial charge in [0.05, 0.1) is 6.61 Å². The van der Waals surface area contributed by atoms with Crippen LogP contribution in [0.15, 0.2) is 0 Å². The summed E-state index contributed by atoms with van der Waals surface area (Å²) in [6.07, 6.45) is 2.19. The fourth-order valence-corrected chi connectivity index (χ4v) is 2.70. The molecule has 2 rings (SSSR count). The molecule has 0 aromatic heterocycles. The van der Waals surface area contributed by atoms with Crippen LogP contribution in [0.1, 0.15) is 26.2 Å². The quantitative estimate of drug-likeness (QED) is 0.617. The third-order valence-electron chi connectivity index (χ3n) is 3.32. The first kappa shape index (κ1) is 9.93. The first-order valence-corrected chi connectivity index (χ1v) is 5.21. The van der Waals surface area contributed by atoms with Crippen molar-refractivity contribution in [1.29, 1.82) is 0 Å². The number of carbonyl (C=O) groups is 1. The lowest BCUT2D eigenvalue weighted by Crippen LogP contribution is -2.58. The number of ether oxygens (including phenoxy) is 1. The van der Waals surface area contributed by atoms with Gasteiger partial charge >= 0.3 is 5.97 Å². The van der Waals surface area contributed by atoms with Crippen molar-refractivity contribution >= 4 is 5.97 Å². The van der Waals surface area contributed by atoms with Gasteiger partial charge in [0.1, 0.15) is 0 Å². The van der Waals surface area contributed by atoms with E-state index in [9.17, 15) is 9.90 Å². The van der Waals surface area contributed by atoms with Crippen molar-refractivity contribution in [2.24, 2.45) is 5.41 Å². The molecule has 14 heavy (non-hydrogen) atoms. The minimum Gasteiger partial charge on any atom is -0.464 e. The Balaban J connectivity index is 1.93. The summed E-state index contributed by atoms with van der Waals surface area (Å²) in [6.45, 7) is 4.02. The Morgan fingerprint density at radius 2 is 2.29 bits per heavy atom. The highest BCUT2D eigenvalue weighted by Crippen LogP contribution is 2.52. The Bertz CT molecular complexity index is 238. The zero-order chi connectivity index (χ0) is 10.2. The predicted octanol–water partition coefficient (Wildman–Crippen LogP) is 0.0541. The van der Waals surface area contributed by atoms with E-state index in [2.05, 4.69) is 5.32 Å². The van der Waals surface area contributed by atoms with E-state index in [-0.39, 0.29) is 5.41 Å². The third kappa shape index (κ3) is 1.42. The highest BCUT2D eigenvalue weighted by molar-refractivity contribution is 5.81. The average Bonchev–Trinajstić information content (AvgIpc) is 2.52. The predicted molar refractivity (Wildman–Crippen MR) is 50.7 cm³/mol. The summed E-state index contributed by atoms with van der Waals surface area (Å²) < 4.78 is 4.84. The number of aliphatic hydroxyl groups is 1. The van der Waals surface area contributed by atoms with Crippen LogP contribution in [-0.4, -0.2) is 36.4 Å². The SMILES string of the molecule is CCOC(=O)C1(O)CC2(CCNC2)C1. The number of hydrogen-bond donors (Lipinski definition) is 2. The first-order chi connectivity index (χ1) is 6.60. The monoisotopic (exact) mass is 199 g/mol. The Morgan fingerprint density at radius 3 is 2.79 bits per heavy atom. The van der Waals surface area contributed by atoms with Crippen LogP contribution in [0.5, 0.6) is 0 Å². The van der Waals surface area contributed by atoms with E-state index >= 15 is 0 Å². The summed E-state index contributed by atoms with van der Waals surface area (Å²) in [6, 6.07) is 0. The fourth-order valence-electron chi connectivity index (χ4n) is 2.70. The molecule has 0 amide bonds. The molecule has 1 aliphatic heterocycles. The molecule has 2 aliphatic rings. The second kappa shape index (κ2) is 3.21. The maximum Gasteiger partial charge on any atom is 0.338 e. The molecule has 0 aromatic rings. The van der Waals surface area contributed by atoms with Crippen LogP contribution in [-0.2, 0) is 9.53 Å². The lowest BCUT2D eigenvalue weighted by molar-refractivity contribution is -0.190. The molecular formula is C10H17NO3. The van der Waals surface area contributed by atoms with Crippen LogP contribution in [0.3, 0.4) is 0 Å². The zero-order valence-corrected chi connectivity index (χ0v) is 8.51. The van der Waals surface area contributed by atoms with E-state index in [0.29, 0.717) is 19.4 Å². The van der Waals surface area contributed by atoms with Crippen molar-refractivity contribution in [2.75, 3.05) is 19.7 Å². The normalized spacial score (nSPS) is 41.0. The van der Waals surface area contributed by atoms with Crippen molar-refractivity contribution in [2.45, 2.75) is 31.8 Å². The minimum absolute atomic E-state index is 0.168. The maximum atomic E-state index is 11.4. The first-order valence-electron chi connectivity index (χ1n) is 5.21. The van der Waals surface area contributed by atoms with Crippen molar-refractivity contribution in [3.05, 3.63) is 0 Å². The van der Waals surface area contributed by atoms with Gasteiger partial charge in [0, 0.05) is 6.54 Å². The maximum absolute atomic E-state index is 11.4. The van der Waals surface area contributed by atoms with Crippen molar-refractivity contribution in [1.82, 2.24) is 5.32 Å². The molecule has 1 spiro atoms. The smallest absolute Gasteiger partial charge is 0.338 e. The van der Waals surface area contributed by atoms with E-state index in [1.165, 1.54) is 0 Å². The molecular weight excluding hydrogens is 182 g/mol. The van der Waals surface area contributed by atoms with E-state index < -0.39 is 11.6 Å². The van der Waals surface area contributed by atoms with Crippen LogP contribution < -0.4 is 5.32 Å². The summed E-state index contributed by atoms with van der Waals surface area (Å²) >= 11 is 0. The largest absolute Gasteiger partial charge is 0.464 e. The molecule has 0 unspecified atom stereocenters. The Kier molecular flexibility index (Phi) is 2.27. The number of esters is 1. The van der Waals surface area contributed by atoms with Gasteiger partial charge in [-0.3, -0.25) is 0 Å². The summed E-state index contributed by atoms with van der Waals surface area (Å²) in [5, 5.41) is 13.2. The number of carbonyl (C=O) groups excluding carboxylic acids is 1. The van der Waals surface area contributed by atoms with Gasteiger partial charge in [-0.05, 0) is 38.1 Å². The molecule has 1 heterocycles. The standard InChI is InChI=1S/C10H17NO3/c1-2-14-8(12)10(13)5-9(6-10)3-4-11-7-9/h11,13H,2-7H2,1H3. The highest BCUT2D eigenvalue weighted by atomic mass is 16.5. The van der Waals surface area contributed by atoms with Crippen molar-refractivity contribution < 1.29 is 14.6 Å². The summed E-state index contributed by atoms with van der Waals surface area (Å²) in [7, 11) is 0. The van der Waals surface area contributed by atoms with Gasteiger partial charge in [0.15, 0.2) is 5.60 Å². The van der Waals surface area contributed by atoms with Crippen LogP contribution >= 0.6 is 0 Å². The van der Waals surface area contributed by atoms with Gasteiger partial charge in [-0.2, -0.15) is 0 Å². The van der Waals surface area contributed by atoms with E-state index in [0.717, 1.165) is 19.5 Å². The molecule has 0 radical (unpaired) electrons. The Morgan fingerprint density at radius 1 is 1.57 bits per heavy atom. The summed E-state index contributed by atoms with van der Waals surface area (Å²) in [4.78, 5) is 11.4. The molecule has 2 N–H and O–H groups in total. The van der Waals surface area contributed by atoms with Crippen LogP contribution in [0, 0.1) is 5.41 Å². The molecule has 0 aromatic carbocycles. The fraction of sp³-hybridized carbons (Fsp3) is 0.900. The molecule has 4 nitrogen and oxygen atoms in total. The molecule has 80 valence electrons. The van der Waals surface area contributed by atoms with E-state index in [4.69, 9.17) is 4.74 Å². The van der Waals surface area contributed by atoms with E-state index in [1.807, 2.05) is 0 Å². The van der Waals surface area contributed by atoms with E-state index in [1.54, 1.807) is 6.92 Å². The van der Waals surface area contributed by atoms with Crippen LogP contribution in [0.4, 0.5) is 0 Å². The number of nitrogens with one attached hydrogen (secondary N) is 1. The second-order valence-corrected chi connectivity index (χ2v) is 4.53. The average molecular weight is 199 g/mol. The molecule has 0 bridgehead atoms. The van der Waals surface area contributed by atoms with Gasteiger partial charge < -0.3 is 15.2 Å². The molecule has 1 saturated heterocycles. The van der Waals surface area contributed by atoms with Crippen LogP contribution in [0.2, 0.25) is 0 Å². The third-order valence-corrected chi connectivity index (χ3v) is 3.32. The molecule has 2 fully saturated rings. The van der Waals surface area contributed by atoms with Gasteiger partial charge in [0.25, 0.3) is 0 Å². The molecule has 1 aliphatic carbocycles. The van der Waals surface area contributed by atoms with Gasteiger partial charge in [0.2, 0.25) is 0 Å². The lowest BCUT2D eigenvalue weighted by Gasteiger charge is -2.49. The topological polar surface area (TPSA) is 58.6 Å². The van der Waals surface area contributed by atoms with Crippen molar-refractivity contribution in [3.63, 3.8) is 0 Å². The molecule has 0 atom stereocenters. The van der Waals surface area contributed by atoms with Gasteiger partial charge in [-0.15, -0.1) is 0 Å². The van der Waals surface area contributed by atoms with Crippen molar-refractivity contribution in [3.8, 4) is 0 Å².